The van der Waals surface area contributed by atoms with E-state index in [1.54, 1.807) is 41.4 Å². The highest BCUT2D eigenvalue weighted by Crippen LogP contribution is 2.42. The Morgan fingerprint density at radius 3 is 2.50 bits per heavy atom. The van der Waals surface area contributed by atoms with Gasteiger partial charge in [-0.15, -0.1) is 0 Å². The van der Waals surface area contributed by atoms with Gasteiger partial charge in [0.15, 0.2) is 17.4 Å². The summed E-state index contributed by atoms with van der Waals surface area (Å²) in [4.78, 5) is 19.2. The van der Waals surface area contributed by atoms with Gasteiger partial charge in [0.1, 0.15) is 5.82 Å². The van der Waals surface area contributed by atoms with Crippen molar-refractivity contribution in [3.05, 3.63) is 47.2 Å². The summed E-state index contributed by atoms with van der Waals surface area (Å²) < 4.78 is 45.2. The monoisotopic (exact) mass is 472 g/mol. The first kappa shape index (κ1) is 22.1. The number of aryl methyl sites for hydroxylation is 3. The number of carbonyl (C=O) groups is 1. The largest absolute Gasteiger partial charge is 0.410 e. The van der Waals surface area contributed by atoms with Gasteiger partial charge in [-0.2, -0.15) is 28.5 Å². The van der Waals surface area contributed by atoms with Crippen LogP contribution in [0.5, 0.6) is 0 Å². The van der Waals surface area contributed by atoms with Crippen LogP contribution in [0.1, 0.15) is 47.0 Å². The van der Waals surface area contributed by atoms with Crippen LogP contribution in [0.3, 0.4) is 0 Å². The normalized spacial score (nSPS) is 18.5. The zero-order valence-corrected chi connectivity index (χ0v) is 19.3. The lowest BCUT2D eigenvalue weighted by Crippen LogP contribution is -2.48. The van der Waals surface area contributed by atoms with Gasteiger partial charge in [0.2, 0.25) is 0 Å². The predicted molar refractivity (Wildman–Crippen MR) is 118 cm³/mol. The van der Waals surface area contributed by atoms with Crippen LogP contribution < -0.4 is 4.90 Å². The van der Waals surface area contributed by atoms with Crippen molar-refractivity contribution in [1.82, 2.24) is 34.2 Å². The van der Waals surface area contributed by atoms with E-state index >= 15 is 0 Å². The highest BCUT2D eigenvalue weighted by molar-refractivity contribution is 6.05. The van der Waals surface area contributed by atoms with Crippen molar-refractivity contribution in [1.29, 1.82) is 0 Å². The number of carbonyl (C=O) groups excluding carboxylic acids is 1. The number of halogens is 3. The molecular weight excluding hydrogens is 449 g/mol. The number of aromatic nitrogens is 7. The molecule has 0 radical (unpaired) electrons. The molecule has 0 aromatic carbocycles. The molecule has 5 heterocycles. The smallest absolute Gasteiger partial charge is 0.289 e. The molecule has 2 atom stereocenters. The van der Waals surface area contributed by atoms with Gasteiger partial charge in [-0.25, -0.2) is 14.2 Å². The summed E-state index contributed by atoms with van der Waals surface area (Å²) in [6.07, 6.45) is -3.14. The summed E-state index contributed by atoms with van der Waals surface area (Å²) in [6.45, 7) is 7.03. The Morgan fingerprint density at radius 1 is 1.12 bits per heavy atom. The fourth-order valence-electron chi connectivity index (χ4n) is 4.70. The number of hydrogen-bond acceptors (Lipinski definition) is 5. The summed E-state index contributed by atoms with van der Waals surface area (Å²) in [5.74, 6) is -0.405. The van der Waals surface area contributed by atoms with Crippen LogP contribution in [-0.2, 0) is 7.05 Å². The van der Waals surface area contributed by atoms with E-state index in [2.05, 4.69) is 20.3 Å². The fraction of sp³-hybridized carbons (Fsp3) is 0.409. The minimum absolute atomic E-state index is 0.0851. The third-order valence-corrected chi connectivity index (χ3v) is 6.32. The van der Waals surface area contributed by atoms with Crippen LogP contribution in [0.15, 0.2) is 24.4 Å². The Bertz CT molecular complexity index is 1430. The molecule has 0 saturated heterocycles. The van der Waals surface area contributed by atoms with Gasteiger partial charge in [-0.3, -0.25) is 14.4 Å². The number of nitrogens with zero attached hydrogens (tertiary/aromatic N) is 8. The van der Waals surface area contributed by atoms with E-state index in [1.165, 1.54) is 11.0 Å². The van der Waals surface area contributed by atoms with E-state index < -0.39 is 24.2 Å². The Labute approximate surface area is 192 Å². The number of amides is 1. The molecule has 4 aromatic rings. The highest BCUT2D eigenvalue weighted by Gasteiger charge is 2.48. The Morgan fingerprint density at radius 2 is 1.85 bits per heavy atom. The van der Waals surface area contributed by atoms with Gasteiger partial charge in [0.25, 0.3) is 5.91 Å². The quantitative estimate of drug-likeness (QED) is 0.443. The molecule has 0 N–H and O–H groups in total. The number of hydrogen-bond donors (Lipinski definition) is 0. The summed E-state index contributed by atoms with van der Waals surface area (Å²) >= 11 is 0. The van der Waals surface area contributed by atoms with Gasteiger partial charge in [0, 0.05) is 42.7 Å². The summed E-state index contributed by atoms with van der Waals surface area (Å²) in [6, 6.07) is 2.34. The topological polar surface area (TPSA) is 86.1 Å². The molecule has 1 aliphatic heterocycles. The molecule has 5 rings (SSSR count). The number of anilines is 1. The Hall–Kier alpha value is -3.70. The van der Waals surface area contributed by atoms with Crippen LogP contribution in [0.25, 0.3) is 16.9 Å². The highest BCUT2D eigenvalue weighted by atomic mass is 19.4. The first-order valence-corrected chi connectivity index (χ1v) is 10.8. The van der Waals surface area contributed by atoms with Crippen molar-refractivity contribution >= 4 is 17.4 Å². The van der Waals surface area contributed by atoms with Crippen LogP contribution in [-0.4, -0.2) is 52.3 Å². The van der Waals surface area contributed by atoms with E-state index in [4.69, 9.17) is 0 Å². The number of rotatable bonds is 2. The van der Waals surface area contributed by atoms with Gasteiger partial charge < -0.3 is 0 Å². The molecule has 0 unspecified atom stereocenters. The van der Waals surface area contributed by atoms with E-state index in [0.29, 0.717) is 11.3 Å². The van der Waals surface area contributed by atoms with Crippen molar-refractivity contribution < 1.29 is 18.0 Å². The number of fused-ring (bicyclic) bond motifs is 2. The maximum absolute atomic E-state index is 13.7. The molecule has 1 amide bonds. The van der Waals surface area contributed by atoms with Gasteiger partial charge in [-0.05, 0) is 40.2 Å². The maximum Gasteiger partial charge on any atom is 0.410 e. The molecule has 0 fully saturated rings. The van der Waals surface area contributed by atoms with E-state index in [-0.39, 0.29) is 17.9 Å². The van der Waals surface area contributed by atoms with Gasteiger partial charge in [-0.1, -0.05) is 0 Å². The second kappa shape index (κ2) is 7.40. The maximum atomic E-state index is 13.7. The zero-order chi connectivity index (χ0) is 24.5. The van der Waals surface area contributed by atoms with E-state index in [0.717, 1.165) is 27.3 Å². The van der Waals surface area contributed by atoms with Crippen LogP contribution in [0.2, 0.25) is 0 Å². The lowest BCUT2D eigenvalue weighted by Gasteiger charge is -2.38. The summed E-state index contributed by atoms with van der Waals surface area (Å²) in [5, 5.41) is 13.0. The van der Waals surface area contributed by atoms with Crippen molar-refractivity contribution in [3.63, 3.8) is 0 Å². The third-order valence-electron chi connectivity index (χ3n) is 6.32. The summed E-state index contributed by atoms with van der Waals surface area (Å²) in [7, 11) is 1.85. The SMILES string of the molecule is Cc1cc2n(n1)[C@@H](C(F)(F)F)C[C@H](C)N2C(=O)c1cc2nccc(-c3c(C)nn(C)c3C)n2n1. The minimum atomic E-state index is -4.47. The van der Waals surface area contributed by atoms with E-state index in [9.17, 15) is 18.0 Å². The second-order valence-corrected chi connectivity index (χ2v) is 8.70. The predicted octanol–water partition coefficient (Wildman–Crippen LogP) is 3.79. The number of alkyl halides is 3. The first-order valence-electron chi connectivity index (χ1n) is 10.8. The van der Waals surface area contributed by atoms with Crippen molar-refractivity contribution in [2.45, 2.75) is 52.4 Å². The van der Waals surface area contributed by atoms with Crippen molar-refractivity contribution in [2.24, 2.45) is 7.05 Å². The minimum Gasteiger partial charge on any atom is -0.289 e. The van der Waals surface area contributed by atoms with E-state index in [1.807, 2.05) is 20.9 Å². The van der Waals surface area contributed by atoms with Crippen LogP contribution >= 0.6 is 0 Å². The van der Waals surface area contributed by atoms with Crippen LogP contribution in [0, 0.1) is 20.8 Å². The molecule has 178 valence electrons. The molecule has 9 nitrogen and oxygen atoms in total. The third kappa shape index (κ3) is 3.27. The molecular formula is C22H23F3N8O. The molecule has 34 heavy (non-hydrogen) atoms. The Balaban J connectivity index is 1.60. The standard InChI is InChI=1S/C22H23F3N8O/c1-11-8-19-31(12(2)9-17(22(23,24)25)33(19)27-11)21(34)15-10-18-26-7-6-16(32(18)29-15)20-13(3)28-30(5)14(20)4/h6-8,10,12,17H,9H2,1-5H3/t12-,17+/m0/s1. The molecule has 0 spiro atoms. The zero-order valence-electron chi connectivity index (χ0n) is 19.3. The van der Waals surface area contributed by atoms with Gasteiger partial charge in [0.05, 0.1) is 17.1 Å². The molecule has 0 bridgehead atoms. The molecule has 4 aromatic heterocycles. The van der Waals surface area contributed by atoms with Crippen molar-refractivity contribution in [3.8, 4) is 11.3 Å². The van der Waals surface area contributed by atoms with Gasteiger partial charge >= 0.3 is 6.18 Å². The molecule has 1 aliphatic rings. The lowest BCUT2D eigenvalue weighted by atomic mass is 10.0. The fourth-order valence-corrected chi connectivity index (χ4v) is 4.70. The molecule has 0 saturated carbocycles. The second-order valence-electron chi connectivity index (χ2n) is 8.70. The lowest BCUT2D eigenvalue weighted by molar-refractivity contribution is -0.174. The average molecular weight is 472 g/mol. The average Bonchev–Trinajstić information content (AvgIpc) is 3.41. The Kier molecular flexibility index (Phi) is 4.81. The first-order chi connectivity index (χ1) is 16.0. The van der Waals surface area contributed by atoms with Crippen molar-refractivity contribution in [2.75, 3.05) is 4.90 Å². The molecule has 0 aliphatic carbocycles. The van der Waals surface area contributed by atoms with Crippen LogP contribution in [0.4, 0.5) is 19.0 Å². The molecule has 12 heteroatoms. The summed E-state index contributed by atoms with van der Waals surface area (Å²) in [5.41, 5.74) is 4.26.